The van der Waals surface area contributed by atoms with E-state index in [-0.39, 0.29) is 6.04 Å². The summed E-state index contributed by atoms with van der Waals surface area (Å²) in [6.07, 6.45) is 5.54. The first-order valence-corrected chi connectivity index (χ1v) is 8.69. The van der Waals surface area contributed by atoms with Gasteiger partial charge < -0.3 is 15.2 Å². The smallest absolute Gasteiger partial charge is 0.191 e. The van der Waals surface area contributed by atoms with Crippen LogP contribution in [-0.4, -0.2) is 33.8 Å². The molecule has 1 atom stereocenters. The Morgan fingerprint density at radius 1 is 1.29 bits per heavy atom. The van der Waals surface area contributed by atoms with Crippen LogP contribution >= 0.6 is 11.6 Å². The fourth-order valence-corrected chi connectivity index (χ4v) is 2.52. The van der Waals surface area contributed by atoms with Gasteiger partial charge >= 0.3 is 0 Å². The Labute approximate surface area is 148 Å². The van der Waals surface area contributed by atoms with Crippen LogP contribution < -0.4 is 10.6 Å². The van der Waals surface area contributed by atoms with E-state index in [4.69, 9.17) is 11.6 Å². The number of unbranched alkanes of at least 4 members (excludes halogenated alkanes) is 1. The predicted octanol–water partition coefficient (Wildman–Crippen LogP) is 3.03. The van der Waals surface area contributed by atoms with E-state index >= 15 is 0 Å². The lowest BCUT2D eigenvalue weighted by Gasteiger charge is -2.18. The number of aromatic nitrogens is 3. The van der Waals surface area contributed by atoms with Gasteiger partial charge in [-0.25, -0.2) is 0 Å². The molecule has 2 N–H and O–H groups in total. The van der Waals surface area contributed by atoms with E-state index in [2.05, 4.69) is 45.7 Å². The van der Waals surface area contributed by atoms with Crippen LogP contribution in [0.4, 0.5) is 0 Å². The van der Waals surface area contributed by atoms with Crippen LogP contribution in [0.2, 0.25) is 5.02 Å². The number of rotatable bonds is 8. The van der Waals surface area contributed by atoms with Crippen molar-refractivity contribution >= 4 is 17.6 Å². The zero-order valence-electron chi connectivity index (χ0n) is 14.2. The minimum atomic E-state index is 0.138. The molecule has 130 valence electrons. The van der Waals surface area contributed by atoms with Gasteiger partial charge in [-0.05, 0) is 44.4 Å². The Balaban J connectivity index is 1.81. The fraction of sp³-hybridized carbons (Fsp3) is 0.471. The van der Waals surface area contributed by atoms with Crippen molar-refractivity contribution in [1.29, 1.82) is 0 Å². The lowest BCUT2D eigenvalue weighted by atomic mass is 10.1. The second kappa shape index (κ2) is 9.93. The summed E-state index contributed by atoms with van der Waals surface area (Å²) < 4.78 is 1.98. The van der Waals surface area contributed by atoms with Crippen molar-refractivity contribution < 1.29 is 0 Å². The molecule has 2 aromatic rings. The second-order valence-corrected chi connectivity index (χ2v) is 6.02. The molecule has 24 heavy (non-hydrogen) atoms. The maximum atomic E-state index is 6.06. The van der Waals surface area contributed by atoms with Crippen molar-refractivity contribution in [3.8, 4) is 0 Å². The minimum absolute atomic E-state index is 0.138. The molecular weight excluding hydrogens is 324 g/mol. The zero-order valence-corrected chi connectivity index (χ0v) is 15.0. The van der Waals surface area contributed by atoms with E-state index in [1.165, 1.54) is 0 Å². The SMILES string of the molecule is CCNC(=NCCCCn1cnnc1)NC(C)c1cccc(Cl)c1. The van der Waals surface area contributed by atoms with Crippen LogP contribution in [0.5, 0.6) is 0 Å². The van der Waals surface area contributed by atoms with Crippen LogP contribution in [0.1, 0.15) is 38.3 Å². The zero-order chi connectivity index (χ0) is 17.2. The molecule has 0 fully saturated rings. The third kappa shape index (κ3) is 6.20. The molecule has 0 aliphatic heterocycles. The van der Waals surface area contributed by atoms with Gasteiger partial charge in [0, 0.05) is 24.7 Å². The quantitative estimate of drug-likeness (QED) is 0.437. The highest BCUT2D eigenvalue weighted by molar-refractivity contribution is 6.30. The number of aliphatic imine (C=N–C) groups is 1. The van der Waals surface area contributed by atoms with Crippen LogP contribution in [-0.2, 0) is 6.54 Å². The van der Waals surface area contributed by atoms with E-state index in [1.54, 1.807) is 12.7 Å². The number of aryl methyl sites for hydroxylation is 1. The Kier molecular flexibility index (Phi) is 7.55. The molecule has 0 spiro atoms. The van der Waals surface area contributed by atoms with Gasteiger partial charge in [-0.2, -0.15) is 0 Å². The van der Waals surface area contributed by atoms with Gasteiger partial charge in [0.2, 0.25) is 0 Å². The van der Waals surface area contributed by atoms with Gasteiger partial charge in [-0.3, -0.25) is 4.99 Å². The summed E-state index contributed by atoms with van der Waals surface area (Å²) in [4.78, 5) is 4.64. The molecule has 6 nitrogen and oxygen atoms in total. The van der Waals surface area contributed by atoms with Gasteiger partial charge in [0.05, 0.1) is 6.04 Å². The van der Waals surface area contributed by atoms with Crippen molar-refractivity contribution in [2.75, 3.05) is 13.1 Å². The van der Waals surface area contributed by atoms with Crippen molar-refractivity contribution in [1.82, 2.24) is 25.4 Å². The Morgan fingerprint density at radius 2 is 2.08 bits per heavy atom. The Bertz CT molecular complexity index is 626. The summed E-state index contributed by atoms with van der Waals surface area (Å²) in [5, 5.41) is 15.0. The van der Waals surface area contributed by atoms with E-state index in [1.807, 2.05) is 22.8 Å². The third-order valence-electron chi connectivity index (χ3n) is 3.61. The Hall–Kier alpha value is -2.08. The van der Waals surface area contributed by atoms with Crippen LogP contribution in [0.3, 0.4) is 0 Å². The third-order valence-corrected chi connectivity index (χ3v) is 3.84. The average molecular weight is 349 g/mol. The fourth-order valence-electron chi connectivity index (χ4n) is 2.32. The number of hydrogen-bond donors (Lipinski definition) is 2. The summed E-state index contributed by atoms with van der Waals surface area (Å²) in [6, 6.07) is 8.02. The standard InChI is InChI=1S/C17H25ClN6/c1-3-19-17(20-9-4-5-10-24-12-21-22-13-24)23-14(2)15-7-6-8-16(18)11-15/h6-8,11-14H,3-5,9-10H2,1-2H3,(H2,19,20,23). The minimum Gasteiger partial charge on any atom is -0.357 e. The summed E-state index contributed by atoms with van der Waals surface area (Å²) in [5.74, 6) is 0.828. The number of halogens is 1. The number of nitrogens with zero attached hydrogens (tertiary/aromatic N) is 4. The molecule has 1 aromatic heterocycles. The number of benzene rings is 1. The molecule has 2 rings (SSSR count). The first-order chi connectivity index (χ1) is 11.7. The first kappa shape index (κ1) is 18.3. The number of nitrogens with one attached hydrogen (secondary N) is 2. The first-order valence-electron chi connectivity index (χ1n) is 8.31. The largest absolute Gasteiger partial charge is 0.357 e. The lowest BCUT2D eigenvalue weighted by Crippen LogP contribution is -2.38. The molecule has 0 aliphatic rings. The summed E-state index contributed by atoms with van der Waals surface area (Å²) in [7, 11) is 0. The van der Waals surface area contributed by atoms with Crippen molar-refractivity contribution in [3.05, 3.63) is 47.5 Å². The van der Waals surface area contributed by atoms with E-state index in [9.17, 15) is 0 Å². The lowest BCUT2D eigenvalue weighted by molar-refractivity contribution is 0.609. The normalized spacial score (nSPS) is 12.9. The van der Waals surface area contributed by atoms with Crippen molar-refractivity contribution in [2.45, 2.75) is 39.3 Å². The van der Waals surface area contributed by atoms with Gasteiger partial charge in [-0.1, -0.05) is 23.7 Å². The molecule has 0 saturated heterocycles. The van der Waals surface area contributed by atoms with Gasteiger partial charge in [-0.15, -0.1) is 10.2 Å². The van der Waals surface area contributed by atoms with Crippen molar-refractivity contribution in [3.63, 3.8) is 0 Å². The maximum Gasteiger partial charge on any atom is 0.191 e. The highest BCUT2D eigenvalue weighted by atomic mass is 35.5. The summed E-state index contributed by atoms with van der Waals surface area (Å²) in [6.45, 7) is 6.69. The molecule has 1 aromatic carbocycles. The predicted molar refractivity (Wildman–Crippen MR) is 98.2 cm³/mol. The molecule has 0 amide bonds. The Morgan fingerprint density at radius 3 is 2.79 bits per heavy atom. The van der Waals surface area contributed by atoms with Gasteiger partial charge in [0.1, 0.15) is 12.7 Å². The number of hydrogen-bond acceptors (Lipinski definition) is 3. The topological polar surface area (TPSA) is 67.1 Å². The number of guanidine groups is 1. The molecule has 1 heterocycles. The monoisotopic (exact) mass is 348 g/mol. The molecule has 0 aliphatic carbocycles. The highest BCUT2D eigenvalue weighted by Crippen LogP contribution is 2.17. The molecular formula is C17H25ClN6. The van der Waals surface area contributed by atoms with E-state index in [0.29, 0.717) is 0 Å². The van der Waals surface area contributed by atoms with Gasteiger partial charge in [0.25, 0.3) is 0 Å². The summed E-state index contributed by atoms with van der Waals surface area (Å²) >= 11 is 6.06. The molecule has 7 heteroatoms. The van der Waals surface area contributed by atoms with E-state index < -0.39 is 0 Å². The van der Waals surface area contributed by atoms with Crippen LogP contribution in [0.15, 0.2) is 41.9 Å². The molecule has 0 bridgehead atoms. The van der Waals surface area contributed by atoms with Crippen LogP contribution in [0.25, 0.3) is 0 Å². The summed E-state index contributed by atoms with van der Waals surface area (Å²) in [5.41, 5.74) is 1.14. The van der Waals surface area contributed by atoms with Gasteiger partial charge in [0.15, 0.2) is 5.96 Å². The van der Waals surface area contributed by atoms with Crippen molar-refractivity contribution in [2.24, 2.45) is 4.99 Å². The average Bonchev–Trinajstić information content (AvgIpc) is 3.08. The molecule has 0 radical (unpaired) electrons. The van der Waals surface area contributed by atoms with E-state index in [0.717, 1.165) is 49.0 Å². The second-order valence-electron chi connectivity index (χ2n) is 5.59. The molecule has 1 unspecified atom stereocenters. The maximum absolute atomic E-state index is 6.06. The molecule has 0 saturated carbocycles. The highest BCUT2D eigenvalue weighted by Gasteiger charge is 2.07. The van der Waals surface area contributed by atoms with Crippen LogP contribution in [0, 0.1) is 0 Å².